The Labute approximate surface area is 291 Å². The fraction of sp³-hybridized carbons (Fsp3) is 0.378. The zero-order chi connectivity index (χ0) is 35.6. The number of piperazine rings is 1. The summed E-state index contributed by atoms with van der Waals surface area (Å²) in [6, 6.07) is 16.9. The predicted molar refractivity (Wildman–Crippen MR) is 192 cm³/mol. The van der Waals surface area contributed by atoms with Crippen LogP contribution in [0.1, 0.15) is 43.7 Å². The molecule has 2 fully saturated rings. The number of hydrogen-bond acceptors (Lipinski definition) is 9. The van der Waals surface area contributed by atoms with Gasteiger partial charge in [-0.25, -0.2) is 19.6 Å². The Balaban J connectivity index is 0.000000544. The Morgan fingerprint density at radius 2 is 1.60 bits per heavy atom. The molecule has 1 saturated carbocycles. The van der Waals surface area contributed by atoms with Gasteiger partial charge in [0.1, 0.15) is 23.5 Å². The lowest BCUT2D eigenvalue weighted by molar-refractivity contribution is -0.134. The molecule has 2 aromatic heterocycles. The zero-order valence-corrected chi connectivity index (χ0v) is 28.5. The van der Waals surface area contributed by atoms with Crippen molar-refractivity contribution in [3.63, 3.8) is 0 Å². The van der Waals surface area contributed by atoms with Gasteiger partial charge in [-0.1, -0.05) is 36.4 Å². The molecule has 2 aromatic carbocycles. The number of anilines is 2. The van der Waals surface area contributed by atoms with Crippen LogP contribution in [-0.4, -0.2) is 98.8 Å². The van der Waals surface area contributed by atoms with Gasteiger partial charge in [0.05, 0.1) is 18.2 Å². The minimum Gasteiger partial charge on any atom is -0.495 e. The summed E-state index contributed by atoms with van der Waals surface area (Å²) in [5.74, 6) is -1.49. The lowest BCUT2D eigenvalue weighted by atomic mass is 9.89. The Morgan fingerprint density at radius 3 is 2.24 bits per heavy atom. The second kappa shape index (κ2) is 16.9. The summed E-state index contributed by atoms with van der Waals surface area (Å²) in [4.78, 5) is 46.0. The van der Waals surface area contributed by atoms with Crippen LogP contribution in [0.25, 0.3) is 22.2 Å². The number of carbonyl (C=O) groups excluding carboxylic acids is 1. The number of amides is 1. The summed E-state index contributed by atoms with van der Waals surface area (Å²) in [5.41, 5.74) is 11.0. The van der Waals surface area contributed by atoms with Gasteiger partial charge in [-0.15, -0.1) is 0 Å². The fourth-order valence-corrected chi connectivity index (χ4v) is 6.71. The lowest BCUT2D eigenvalue weighted by Crippen LogP contribution is -2.49. The van der Waals surface area contributed by atoms with Gasteiger partial charge in [-0.05, 0) is 62.4 Å². The van der Waals surface area contributed by atoms with Gasteiger partial charge in [0.15, 0.2) is 0 Å². The van der Waals surface area contributed by atoms with Gasteiger partial charge in [0.25, 0.3) is 0 Å². The first-order valence-electron chi connectivity index (χ1n) is 16.8. The van der Waals surface area contributed by atoms with Gasteiger partial charge in [-0.2, -0.15) is 0 Å². The average molecular weight is 684 g/mol. The maximum absolute atomic E-state index is 12.7. The lowest BCUT2D eigenvalue weighted by Gasteiger charge is -2.41. The molecule has 0 spiro atoms. The van der Waals surface area contributed by atoms with Crippen LogP contribution in [0, 0.1) is 0 Å². The van der Waals surface area contributed by atoms with Gasteiger partial charge < -0.3 is 35.5 Å². The number of carboxylic acid groups (broad SMARTS) is 2. The van der Waals surface area contributed by atoms with E-state index < -0.39 is 11.9 Å². The Bertz CT molecular complexity index is 1790. The number of carboxylic acids is 2. The molecule has 1 amide bonds. The van der Waals surface area contributed by atoms with E-state index in [2.05, 4.69) is 37.9 Å². The first-order chi connectivity index (χ1) is 24.1. The molecule has 0 unspecified atom stereocenters. The van der Waals surface area contributed by atoms with Gasteiger partial charge in [0, 0.05) is 68.6 Å². The number of nitrogen functional groups attached to an aromatic ring is 1. The van der Waals surface area contributed by atoms with Crippen molar-refractivity contribution in [3.8, 4) is 16.9 Å². The fourth-order valence-electron chi connectivity index (χ4n) is 6.71. The topological polar surface area (TPSA) is 176 Å². The highest BCUT2D eigenvalue weighted by atomic mass is 16.5. The van der Waals surface area contributed by atoms with E-state index in [4.69, 9.17) is 25.7 Å². The van der Waals surface area contributed by atoms with Crippen LogP contribution < -0.4 is 15.8 Å². The van der Waals surface area contributed by atoms with Crippen LogP contribution in [-0.2, 0) is 20.8 Å². The number of nitrogens with one attached hydrogen (secondary N) is 1. The third kappa shape index (κ3) is 9.24. The molecular weight excluding hydrogens is 638 g/mol. The number of likely N-dealkylation sites (N-methyl/N-ethyl adjacent to an activating group) is 1. The number of hydrogen-bond donors (Lipinski definition) is 4. The molecule has 6 rings (SSSR count). The Hall–Kier alpha value is -5.27. The SMILES string of the molecule is COc1cc(-c2cn([C@H]3CC[C@H](N4CCN(C)CC4)CC3)c3ncnc(N)c23)ccc1NC(=O)CCc1ccccc1.O=C(O)/C=C\C(=O)O. The summed E-state index contributed by atoms with van der Waals surface area (Å²) < 4.78 is 8.04. The molecule has 0 bridgehead atoms. The highest BCUT2D eigenvalue weighted by Gasteiger charge is 2.30. The number of aromatic nitrogens is 3. The average Bonchev–Trinajstić information content (AvgIpc) is 3.52. The molecule has 1 aliphatic heterocycles. The van der Waals surface area contributed by atoms with Crippen molar-refractivity contribution in [3.05, 3.63) is 78.8 Å². The molecule has 0 radical (unpaired) electrons. The van der Waals surface area contributed by atoms with Crippen molar-refractivity contribution in [2.75, 3.05) is 51.4 Å². The van der Waals surface area contributed by atoms with Crippen molar-refractivity contribution < 1.29 is 29.3 Å². The molecule has 50 heavy (non-hydrogen) atoms. The smallest absolute Gasteiger partial charge is 0.328 e. The van der Waals surface area contributed by atoms with Crippen molar-refractivity contribution in [2.24, 2.45) is 0 Å². The number of rotatable bonds is 10. The molecule has 13 heteroatoms. The maximum atomic E-state index is 12.7. The number of fused-ring (bicyclic) bond motifs is 1. The van der Waals surface area contributed by atoms with Crippen LogP contribution in [0.3, 0.4) is 0 Å². The van der Waals surface area contributed by atoms with Crippen molar-refractivity contribution in [1.29, 1.82) is 0 Å². The molecule has 0 atom stereocenters. The molecule has 13 nitrogen and oxygen atoms in total. The largest absolute Gasteiger partial charge is 0.495 e. The number of aryl methyl sites for hydroxylation is 1. The second-order valence-electron chi connectivity index (χ2n) is 12.7. The molecule has 264 valence electrons. The number of nitrogens with two attached hydrogens (primary N) is 1. The van der Waals surface area contributed by atoms with Crippen LogP contribution >= 0.6 is 0 Å². The van der Waals surface area contributed by atoms with Crippen molar-refractivity contribution in [1.82, 2.24) is 24.3 Å². The Morgan fingerprint density at radius 1 is 0.940 bits per heavy atom. The molecule has 1 saturated heterocycles. The predicted octanol–water partition coefficient (Wildman–Crippen LogP) is 4.70. The normalized spacial score (nSPS) is 18.4. The first kappa shape index (κ1) is 36.0. The van der Waals surface area contributed by atoms with E-state index >= 15 is 0 Å². The van der Waals surface area contributed by atoms with E-state index in [1.165, 1.54) is 12.8 Å². The second-order valence-corrected chi connectivity index (χ2v) is 12.7. The summed E-state index contributed by atoms with van der Waals surface area (Å²) >= 11 is 0. The molecule has 3 heterocycles. The summed E-state index contributed by atoms with van der Waals surface area (Å²) in [5, 5.41) is 19.5. The number of carbonyl (C=O) groups is 3. The van der Waals surface area contributed by atoms with Crippen molar-refractivity contribution >= 4 is 40.4 Å². The molecule has 4 aromatic rings. The number of benzene rings is 2. The highest BCUT2D eigenvalue weighted by molar-refractivity contribution is 6.01. The van der Waals surface area contributed by atoms with E-state index in [0.29, 0.717) is 54.3 Å². The number of methoxy groups -OCH3 is 1. The van der Waals surface area contributed by atoms with Gasteiger partial charge in [-0.3, -0.25) is 9.69 Å². The zero-order valence-electron chi connectivity index (χ0n) is 28.5. The van der Waals surface area contributed by atoms with Gasteiger partial charge in [0.2, 0.25) is 5.91 Å². The standard InChI is InChI=1S/C33H41N7O2.C4H4O4/c1-38-16-18-39(19-17-38)25-10-12-26(13-11-25)40-21-27(31-32(34)35-22-36-33(31)40)24-9-14-28(29(20-24)42-2)37-30(41)15-8-23-6-4-3-5-7-23;5-3(6)1-2-4(7)8/h3-7,9,14,20-22,25-26H,8,10-13,15-19H2,1-2H3,(H,37,41)(H2,34,35,36);1-2H,(H,5,6)(H,7,8)/b;2-1-/t25-,26-;. The van der Waals surface area contributed by atoms with Crippen LogP contribution in [0.15, 0.2) is 73.2 Å². The van der Waals surface area contributed by atoms with Crippen LogP contribution in [0.5, 0.6) is 5.75 Å². The van der Waals surface area contributed by atoms with Crippen LogP contribution in [0.2, 0.25) is 0 Å². The van der Waals surface area contributed by atoms with Crippen LogP contribution in [0.4, 0.5) is 11.5 Å². The van der Waals surface area contributed by atoms with E-state index in [1.54, 1.807) is 13.4 Å². The van der Waals surface area contributed by atoms with E-state index in [9.17, 15) is 14.4 Å². The van der Waals surface area contributed by atoms with Crippen molar-refractivity contribution in [2.45, 2.75) is 50.6 Å². The minimum atomic E-state index is -1.26. The third-order valence-electron chi connectivity index (χ3n) is 9.39. The number of ether oxygens (including phenoxy) is 1. The quantitative estimate of drug-likeness (QED) is 0.170. The highest BCUT2D eigenvalue weighted by Crippen LogP contribution is 2.40. The molecule has 1 aliphatic carbocycles. The first-order valence-corrected chi connectivity index (χ1v) is 16.8. The van der Waals surface area contributed by atoms with E-state index in [1.807, 2.05) is 48.5 Å². The Kier molecular flexibility index (Phi) is 12.2. The van der Waals surface area contributed by atoms with E-state index in [-0.39, 0.29) is 5.91 Å². The molecular formula is C37H45N7O6. The van der Waals surface area contributed by atoms with E-state index in [0.717, 1.165) is 66.7 Å². The minimum absolute atomic E-state index is 0.0497. The third-order valence-corrected chi connectivity index (χ3v) is 9.39. The number of aliphatic carboxylic acids is 2. The number of nitrogens with zero attached hydrogens (tertiary/aromatic N) is 5. The monoisotopic (exact) mass is 683 g/mol. The summed E-state index contributed by atoms with van der Waals surface area (Å²) in [6.45, 7) is 4.64. The molecule has 5 N–H and O–H groups in total. The maximum Gasteiger partial charge on any atom is 0.328 e. The summed E-state index contributed by atoms with van der Waals surface area (Å²) in [7, 11) is 3.83. The summed E-state index contributed by atoms with van der Waals surface area (Å²) in [6.07, 6.45) is 10.5. The van der Waals surface area contributed by atoms with Gasteiger partial charge >= 0.3 is 11.9 Å². The molecule has 2 aliphatic rings.